The molecule has 6 aromatic carbocycles. The molecule has 0 fully saturated rings. The van der Waals surface area contributed by atoms with Crippen molar-refractivity contribution in [2.45, 2.75) is 12.3 Å². The molecule has 0 radical (unpaired) electrons. The minimum absolute atomic E-state index is 0.157. The summed E-state index contributed by atoms with van der Waals surface area (Å²) in [5, 5.41) is 12.1. The van der Waals surface area contributed by atoms with Gasteiger partial charge in [0.15, 0.2) is 0 Å². The van der Waals surface area contributed by atoms with E-state index in [2.05, 4.69) is 137 Å². The van der Waals surface area contributed by atoms with Crippen LogP contribution >= 0.6 is 0 Å². The van der Waals surface area contributed by atoms with Crippen LogP contribution in [0.15, 0.2) is 155 Å². The van der Waals surface area contributed by atoms with Crippen LogP contribution < -0.4 is 10.6 Å². The molecule has 0 bridgehead atoms. The van der Waals surface area contributed by atoms with Gasteiger partial charge in [-0.15, -0.1) is 0 Å². The quantitative estimate of drug-likeness (QED) is 0.223. The molecule has 5 nitrogen and oxygen atoms in total. The Morgan fingerprint density at radius 1 is 0.591 bits per heavy atom. The van der Waals surface area contributed by atoms with Crippen LogP contribution in [0.5, 0.6) is 0 Å². The molecule has 2 unspecified atom stereocenters. The first-order valence-corrected chi connectivity index (χ1v) is 15.0. The zero-order chi connectivity index (χ0) is 29.0. The molecule has 0 saturated carbocycles. The summed E-state index contributed by atoms with van der Waals surface area (Å²) in [6.07, 6.45) is -0.345. The molecular formula is C39H28N4O. The number of aromatic nitrogens is 1. The molecule has 0 spiro atoms. The van der Waals surface area contributed by atoms with Crippen LogP contribution in [0.3, 0.4) is 0 Å². The van der Waals surface area contributed by atoms with Gasteiger partial charge >= 0.3 is 0 Å². The standard InChI is InChI=1S/C39H28N4O/c1-3-12-25(13-4-1)37-40-38(26-14-5-2-6-15-26)42-39(41-37)27-16-11-17-28(24-27)43-32-20-9-7-18-29(32)30-22-23-34-35(36(30)43)31-19-8-10-21-33(31)44-34/h1-24,37,39,41H,(H,40,42). The van der Waals surface area contributed by atoms with Gasteiger partial charge in [0, 0.05) is 27.4 Å². The van der Waals surface area contributed by atoms with Gasteiger partial charge in [0.1, 0.15) is 29.3 Å². The van der Waals surface area contributed by atoms with Crippen molar-refractivity contribution in [3.63, 3.8) is 0 Å². The minimum atomic E-state index is -0.188. The second-order valence-electron chi connectivity index (χ2n) is 11.3. The minimum Gasteiger partial charge on any atom is -0.456 e. The molecule has 1 aliphatic rings. The molecule has 9 rings (SSSR count). The van der Waals surface area contributed by atoms with Crippen molar-refractivity contribution in [1.82, 2.24) is 15.2 Å². The number of amidine groups is 1. The zero-order valence-electron chi connectivity index (χ0n) is 23.8. The van der Waals surface area contributed by atoms with Crippen LogP contribution in [-0.2, 0) is 0 Å². The second-order valence-corrected chi connectivity index (χ2v) is 11.3. The van der Waals surface area contributed by atoms with Crippen LogP contribution in [0.25, 0.3) is 49.4 Å². The van der Waals surface area contributed by atoms with Crippen molar-refractivity contribution in [1.29, 1.82) is 0 Å². The highest BCUT2D eigenvalue weighted by molar-refractivity contribution is 6.24. The third-order valence-electron chi connectivity index (χ3n) is 8.66. The molecule has 44 heavy (non-hydrogen) atoms. The molecule has 210 valence electrons. The first-order chi connectivity index (χ1) is 21.8. The molecule has 0 amide bonds. The van der Waals surface area contributed by atoms with Gasteiger partial charge in [-0.1, -0.05) is 109 Å². The van der Waals surface area contributed by atoms with Gasteiger partial charge in [0.2, 0.25) is 0 Å². The average molecular weight is 569 g/mol. The maximum atomic E-state index is 6.33. The molecule has 0 aliphatic carbocycles. The molecule has 2 N–H and O–H groups in total. The lowest BCUT2D eigenvalue weighted by atomic mass is 10.1. The summed E-state index contributed by atoms with van der Waals surface area (Å²) in [4.78, 5) is 5.09. The third-order valence-corrected chi connectivity index (χ3v) is 8.66. The summed E-state index contributed by atoms with van der Waals surface area (Å²) in [5.41, 5.74) is 8.52. The molecule has 1 aliphatic heterocycles. The predicted molar refractivity (Wildman–Crippen MR) is 179 cm³/mol. The summed E-state index contributed by atoms with van der Waals surface area (Å²) in [6, 6.07) is 50.8. The number of nitrogens with one attached hydrogen (secondary N) is 2. The SMILES string of the molecule is c1ccc(C2=NC(c3ccccc3)NC(c3cccc(-n4c5ccccc5c5ccc6oc7ccccc7c6c54)c3)N2)cc1. The Balaban J connectivity index is 1.23. The van der Waals surface area contributed by atoms with Crippen molar-refractivity contribution in [2.75, 3.05) is 0 Å². The maximum absolute atomic E-state index is 6.33. The number of fused-ring (bicyclic) bond motifs is 7. The normalized spacial score (nSPS) is 16.9. The molecule has 5 heteroatoms. The topological polar surface area (TPSA) is 54.5 Å². The lowest BCUT2D eigenvalue weighted by molar-refractivity contribution is 0.409. The molecular weight excluding hydrogens is 540 g/mol. The van der Waals surface area contributed by atoms with E-state index in [4.69, 9.17) is 9.41 Å². The van der Waals surface area contributed by atoms with Gasteiger partial charge in [-0.2, -0.15) is 0 Å². The van der Waals surface area contributed by atoms with E-state index in [1.54, 1.807) is 0 Å². The lowest BCUT2D eigenvalue weighted by Gasteiger charge is -2.32. The van der Waals surface area contributed by atoms with E-state index in [9.17, 15) is 0 Å². The van der Waals surface area contributed by atoms with Gasteiger partial charge < -0.3 is 14.3 Å². The van der Waals surface area contributed by atoms with E-state index < -0.39 is 0 Å². The summed E-state index contributed by atoms with van der Waals surface area (Å²) in [5.74, 6) is 0.872. The number of nitrogens with zero attached hydrogens (tertiary/aromatic N) is 2. The highest BCUT2D eigenvalue weighted by Gasteiger charge is 2.26. The Labute approximate surface area is 254 Å². The van der Waals surface area contributed by atoms with Crippen LogP contribution in [-0.4, -0.2) is 10.4 Å². The second kappa shape index (κ2) is 9.97. The zero-order valence-corrected chi connectivity index (χ0v) is 23.8. The van der Waals surface area contributed by atoms with Gasteiger partial charge in [-0.05, 0) is 47.5 Å². The van der Waals surface area contributed by atoms with E-state index in [1.165, 1.54) is 10.8 Å². The molecule has 3 heterocycles. The first kappa shape index (κ1) is 24.9. The van der Waals surface area contributed by atoms with E-state index >= 15 is 0 Å². The van der Waals surface area contributed by atoms with Crippen molar-refractivity contribution < 1.29 is 4.42 Å². The van der Waals surface area contributed by atoms with E-state index in [0.717, 1.165) is 61.2 Å². The fraction of sp³-hybridized carbons (Fsp3) is 0.0513. The Morgan fingerprint density at radius 2 is 1.32 bits per heavy atom. The molecule has 8 aromatic rings. The number of furan rings is 1. The van der Waals surface area contributed by atoms with Crippen molar-refractivity contribution in [2.24, 2.45) is 4.99 Å². The van der Waals surface area contributed by atoms with Crippen molar-refractivity contribution in [3.8, 4) is 5.69 Å². The largest absolute Gasteiger partial charge is 0.456 e. The van der Waals surface area contributed by atoms with Crippen molar-refractivity contribution in [3.05, 3.63) is 162 Å². The number of hydrogen-bond donors (Lipinski definition) is 2. The third kappa shape index (κ3) is 3.94. The van der Waals surface area contributed by atoms with Crippen LogP contribution in [0.2, 0.25) is 0 Å². The Morgan fingerprint density at radius 3 is 2.18 bits per heavy atom. The molecule has 0 saturated heterocycles. The Hall–Kier alpha value is -5.65. The number of para-hydroxylation sites is 2. The van der Waals surface area contributed by atoms with Gasteiger partial charge in [-0.3, -0.25) is 5.32 Å². The Kier molecular flexibility index (Phi) is 5.64. The van der Waals surface area contributed by atoms with Gasteiger partial charge in [0.05, 0.1) is 16.4 Å². The van der Waals surface area contributed by atoms with Crippen LogP contribution in [0.4, 0.5) is 0 Å². The van der Waals surface area contributed by atoms with E-state index in [0.29, 0.717) is 0 Å². The highest BCUT2D eigenvalue weighted by atomic mass is 16.3. The smallest absolute Gasteiger partial charge is 0.137 e. The Bertz CT molecular complexity index is 2350. The molecule has 2 aromatic heterocycles. The van der Waals surface area contributed by atoms with Gasteiger partial charge in [-0.25, -0.2) is 4.99 Å². The molecule has 2 atom stereocenters. The fourth-order valence-corrected chi connectivity index (χ4v) is 6.66. The van der Waals surface area contributed by atoms with Crippen molar-refractivity contribution >= 4 is 49.6 Å². The highest BCUT2D eigenvalue weighted by Crippen LogP contribution is 2.41. The van der Waals surface area contributed by atoms with Crippen LogP contribution in [0, 0.1) is 0 Å². The van der Waals surface area contributed by atoms with Crippen LogP contribution in [0.1, 0.15) is 29.0 Å². The fourth-order valence-electron chi connectivity index (χ4n) is 6.66. The predicted octanol–water partition coefficient (Wildman–Crippen LogP) is 9.02. The summed E-state index contributed by atoms with van der Waals surface area (Å²) >= 11 is 0. The van der Waals surface area contributed by atoms with E-state index in [-0.39, 0.29) is 12.3 Å². The maximum Gasteiger partial charge on any atom is 0.137 e. The van der Waals surface area contributed by atoms with Gasteiger partial charge in [0.25, 0.3) is 0 Å². The lowest BCUT2D eigenvalue weighted by Crippen LogP contribution is -2.45. The first-order valence-electron chi connectivity index (χ1n) is 15.0. The summed E-state index contributed by atoms with van der Waals surface area (Å²) in [6.45, 7) is 0. The number of hydrogen-bond acceptors (Lipinski definition) is 4. The van der Waals surface area contributed by atoms with E-state index in [1.807, 2.05) is 24.3 Å². The number of aliphatic imine (C=N–C) groups is 1. The monoisotopic (exact) mass is 568 g/mol. The summed E-state index contributed by atoms with van der Waals surface area (Å²) in [7, 11) is 0. The average Bonchev–Trinajstić information content (AvgIpc) is 3.65. The summed E-state index contributed by atoms with van der Waals surface area (Å²) < 4.78 is 8.72. The number of rotatable bonds is 4. The number of benzene rings is 6.